The Kier molecular flexibility index (Phi) is 5.40. The van der Waals surface area contributed by atoms with Crippen molar-refractivity contribution in [3.63, 3.8) is 0 Å². The molecule has 4 rings (SSSR count). The quantitative estimate of drug-likeness (QED) is 0.470. The van der Waals surface area contributed by atoms with Gasteiger partial charge < -0.3 is 14.4 Å². The number of rotatable bonds is 7. The first-order chi connectivity index (χ1) is 13.7. The van der Waals surface area contributed by atoms with Crippen molar-refractivity contribution in [3.8, 4) is 5.75 Å². The van der Waals surface area contributed by atoms with Gasteiger partial charge in [-0.2, -0.15) is 0 Å². The highest BCUT2D eigenvalue weighted by Gasteiger charge is 2.19. The third-order valence-electron chi connectivity index (χ3n) is 4.83. The van der Waals surface area contributed by atoms with Crippen LogP contribution in [0.2, 0.25) is 0 Å². The van der Waals surface area contributed by atoms with Gasteiger partial charge in [0, 0.05) is 6.54 Å². The number of nitrogens with zero attached hydrogens (tertiary/aromatic N) is 2. The van der Waals surface area contributed by atoms with Gasteiger partial charge in [0.15, 0.2) is 0 Å². The molecule has 0 bridgehead atoms. The van der Waals surface area contributed by atoms with Gasteiger partial charge in [-0.3, -0.25) is 0 Å². The number of ether oxygens (including phenoxy) is 1. The summed E-state index contributed by atoms with van der Waals surface area (Å²) in [5, 5.41) is 10.9. The number of aliphatic hydroxyl groups excluding tert-OH is 1. The summed E-state index contributed by atoms with van der Waals surface area (Å²) in [6.07, 6.45) is 0.0642. The molecule has 0 saturated heterocycles. The van der Waals surface area contributed by atoms with Gasteiger partial charge in [0.1, 0.15) is 17.7 Å². The zero-order chi connectivity index (χ0) is 19.3. The summed E-state index contributed by atoms with van der Waals surface area (Å²) in [7, 11) is 0. The molecular weight excluding hydrogens is 348 g/mol. The Morgan fingerprint density at radius 3 is 2.57 bits per heavy atom. The second-order valence-corrected chi connectivity index (χ2v) is 6.94. The monoisotopic (exact) mass is 372 g/mol. The minimum atomic E-state index is -0.758. The normalized spacial score (nSPS) is 12.2. The minimum Gasteiger partial charge on any atom is -0.494 e. The van der Waals surface area contributed by atoms with Gasteiger partial charge in [0.2, 0.25) is 0 Å². The molecular formula is C24H24N2O2. The number of fused-ring (bicyclic) bond motifs is 1. The van der Waals surface area contributed by atoms with Crippen molar-refractivity contribution in [2.75, 3.05) is 6.61 Å². The molecule has 1 N–H and O–H groups in total. The van der Waals surface area contributed by atoms with Crippen LogP contribution >= 0.6 is 0 Å². The summed E-state index contributed by atoms with van der Waals surface area (Å²) in [5.74, 6) is 1.56. The fourth-order valence-corrected chi connectivity index (χ4v) is 3.44. The standard InChI is InChI=1S/C24H24N2O2/c1-18-9-7-12-20(17-18)28-16-8-15-26-22-14-6-5-13-21(22)25-24(26)23(27)19-10-3-2-4-11-19/h2-7,9-14,17,23,27H,8,15-16H2,1H3. The van der Waals surface area contributed by atoms with Gasteiger partial charge in [-0.05, 0) is 48.7 Å². The molecule has 0 spiro atoms. The number of aliphatic hydroxyl groups is 1. The molecule has 0 amide bonds. The van der Waals surface area contributed by atoms with E-state index in [-0.39, 0.29) is 0 Å². The van der Waals surface area contributed by atoms with Gasteiger partial charge >= 0.3 is 0 Å². The van der Waals surface area contributed by atoms with Gasteiger partial charge in [-0.15, -0.1) is 0 Å². The lowest BCUT2D eigenvalue weighted by Gasteiger charge is -2.15. The average molecular weight is 372 g/mol. The zero-order valence-corrected chi connectivity index (χ0v) is 16.0. The summed E-state index contributed by atoms with van der Waals surface area (Å²) in [4.78, 5) is 4.71. The van der Waals surface area contributed by atoms with Crippen molar-refractivity contribution in [1.82, 2.24) is 9.55 Å². The van der Waals surface area contributed by atoms with Crippen LogP contribution in [0, 0.1) is 6.92 Å². The lowest BCUT2D eigenvalue weighted by Crippen LogP contribution is -2.12. The smallest absolute Gasteiger partial charge is 0.143 e. The van der Waals surface area contributed by atoms with Gasteiger partial charge in [0.25, 0.3) is 0 Å². The summed E-state index contributed by atoms with van der Waals surface area (Å²) in [6.45, 7) is 3.39. The fourth-order valence-electron chi connectivity index (χ4n) is 3.44. The van der Waals surface area contributed by atoms with E-state index in [2.05, 4.69) is 17.6 Å². The fraction of sp³-hybridized carbons (Fsp3) is 0.208. The van der Waals surface area contributed by atoms with E-state index in [0.29, 0.717) is 12.4 Å². The van der Waals surface area contributed by atoms with E-state index >= 15 is 0 Å². The Balaban J connectivity index is 1.53. The molecule has 4 aromatic rings. The van der Waals surface area contributed by atoms with Crippen LogP contribution in [0.1, 0.15) is 29.5 Å². The maximum atomic E-state index is 10.9. The molecule has 0 aliphatic rings. The molecule has 0 saturated carbocycles. The number of hydrogen-bond acceptors (Lipinski definition) is 3. The number of aryl methyl sites for hydroxylation is 2. The molecule has 4 heteroatoms. The second-order valence-electron chi connectivity index (χ2n) is 6.94. The number of aromatic nitrogens is 2. The maximum Gasteiger partial charge on any atom is 0.143 e. The average Bonchev–Trinajstić information content (AvgIpc) is 3.10. The van der Waals surface area contributed by atoms with Crippen LogP contribution in [0.25, 0.3) is 11.0 Å². The highest BCUT2D eigenvalue weighted by molar-refractivity contribution is 5.76. The highest BCUT2D eigenvalue weighted by atomic mass is 16.5. The third kappa shape index (κ3) is 3.92. The zero-order valence-electron chi connectivity index (χ0n) is 16.0. The molecule has 1 heterocycles. The molecule has 28 heavy (non-hydrogen) atoms. The van der Waals surface area contributed by atoms with E-state index in [0.717, 1.165) is 35.3 Å². The predicted molar refractivity (Wildman–Crippen MR) is 112 cm³/mol. The highest BCUT2D eigenvalue weighted by Crippen LogP contribution is 2.26. The number of imidazole rings is 1. The molecule has 1 aromatic heterocycles. The maximum absolute atomic E-state index is 10.9. The second kappa shape index (κ2) is 8.28. The van der Waals surface area contributed by atoms with Crippen molar-refractivity contribution in [2.24, 2.45) is 0 Å². The number of para-hydroxylation sites is 2. The minimum absolute atomic E-state index is 0.608. The van der Waals surface area contributed by atoms with E-state index < -0.39 is 6.10 Å². The first-order valence-electron chi connectivity index (χ1n) is 9.60. The van der Waals surface area contributed by atoms with E-state index in [9.17, 15) is 5.11 Å². The third-order valence-corrected chi connectivity index (χ3v) is 4.83. The van der Waals surface area contributed by atoms with Crippen molar-refractivity contribution in [3.05, 3.63) is 95.8 Å². The lowest BCUT2D eigenvalue weighted by molar-refractivity contribution is 0.203. The number of benzene rings is 3. The van der Waals surface area contributed by atoms with Crippen LogP contribution < -0.4 is 4.74 Å². The summed E-state index contributed by atoms with van der Waals surface area (Å²) in [6, 6.07) is 25.7. The van der Waals surface area contributed by atoms with Crippen LogP contribution in [0.4, 0.5) is 0 Å². The number of hydrogen-bond donors (Lipinski definition) is 1. The van der Waals surface area contributed by atoms with Crippen LogP contribution in [-0.4, -0.2) is 21.3 Å². The van der Waals surface area contributed by atoms with Crippen LogP contribution in [0.15, 0.2) is 78.9 Å². The molecule has 0 aliphatic carbocycles. The molecule has 3 aromatic carbocycles. The lowest BCUT2D eigenvalue weighted by atomic mass is 10.1. The van der Waals surface area contributed by atoms with E-state index in [4.69, 9.17) is 9.72 Å². The van der Waals surface area contributed by atoms with Crippen molar-refractivity contribution in [1.29, 1.82) is 0 Å². The van der Waals surface area contributed by atoms with Crippen LogP contribution in [0.5, 0.6) is 5.75 Å². The Bertz CT molecular complexity index is 1060. The van der Waals surface area contributed by atoms with E-state index in [1.807, 2.05) is 72.8 Å². The van der Waals surface area contributed by atoms with E-state index in [1.54, 1.807) is 0 Å². The van der Waals surface area contributed by atoms with E-state index in [1.165, 1.54) is 5.56 Å². The molecule has 1 atom stereocenters. The molecule has 0 aliphatic heterocycles. The van der Waals surface area contributed by atoms with Gasteiger partial charge in [-0.25, -0.2) is 4.98 Å². The predicted octanol–water partition coefficient (Wildman–Crippen LogP) is 4.90. The largest absolute Gasteiger partial charge is 0.494 e. The SMILES string of the molecule is Cc1cccc(OCCCn2c(C(O)c3ccccc3)nc3ccccc32)c1. The van der Waals surface area contributed by atoms with Crippen LogP contribution in [-0.2, 0) is 6.54 Å². The first kappa shape index (κ1) is 18.3. The Morgan fingerprint density at radius 1 is 0.964 bits per heavy atom. The van der Waals surface area contributed by atoms with Gasteiger partial charge in [-0.1, -0.05) is 54.6 Å². The molecule has 4 nitrogen and oxygen atoms in total. The topological polar surface area (TPSA) is 47.3 Å². The molecule has 1 unspecified atom stereocenters. The summed E-state index contributed by atoms with van der Waals surface area (Å²) < 4.78 is 7.99. The molecule has 142 valence electrons. The Hall–Kier alpha value is -3.11. The van der Waals surface area contributed by atoms with Crippen LogP contribution in [0.3, 0.4) is 0 Å². The molecule has 0 radical (unpaired) electrons. The Labute approximate surface area is 165 Å². The summed E-state index contributed by atoms with van der Waals surface area (Å²) >= 11 is 0. The van der Waals surface area contributed by atoms with Gasteiger partial charge in [0.05, 0.1) is 17.6 Å². The Morgan fingerprint density at radius 2 is 1.75 bits per heavy atom. The van der Waals surface area contributed by atoms with Crippen molar-refractivity contribution >= 4 is 11.0 Å². The van der Waals surface area contributed by atoms with Crippen molar-refractivity contribution in [2.45, 2.75) is 26.0 Å². The summed E-state index contributed by atoms with van der Waals surface area (Å²) in [5.41, 5.74) is 3.96. The molecule has 0 fully saturated rings. The van der Waals surface area contributed by atoms with Crippen molar-refractivity contribution < 1.29 is 9.84 Å². The first-order valence-corrected chi connectivity index (χ1v) is 9.60.